The molecule has 0 amide bonds. The maximum Gasteiger partial charge on any atom is 0.324 e. The van der Waals surface area contributed by atoms with Crippen LogP contribution in [0.1, 0.15) is 25.7 Å². The molecule has 0 aromatic heterocycles. The summed E-state index contributed by atoms with van der Waals surface area (Å²) in [6.07, 6.45) is 2.87. The summed E-state index contributed by atoms with van der Waals surface area (Å²) in [6, 6.07) is 7.40. The average molecular weight is 340 g/mol. The Balaban J connectivity index is 1.60. The molecule has 0 aliphatic carbocycles. The standard InChI is InChI=1S/C17H22ClNO4/c18-13-2-1-3-15(12-13)23-14-4-8-19(9-5-14)17(16(20)21)6-10-22-11-7-17/h1-3,12,14H,4-11H2,(H,20,21). The van der Waals surface area contributed by atoms with Crippen molar-refractivity contribution >= 4 is 17.6 Å². The first-order valence-corrected chi connectivity index (χ1v) is 8.46. The highest BCUT2D eigenvalue weighted by Crippen LogP contribution is 2.32. The summed E-state index contributed by atoms with van der Waals surface area (Å²) in [5, 5.41) is 10.4. The summed E-state index contributed by atoms with van der Waals surface area (Å²) in [6.45, 7) is 2.51. The number of piperidine rings is 1. The topological polar surface area (TPSA) is 59.0 Å². The van der Waals surface area contributed by atoms with Crippen molar-refractivity contribution in [2.45, 2.75) is 37.3 Å². The van der Waals surface area contributed by atoms with E-state index in [9.17, 15) is 9.90 Å². The third-order valence-corrected chi connectivity index (χ3v) is 5.10. The van der Waals surface area contributed by atoms with Crippen molar-refractivity contribution in [1.29, 1.82) is 0 Å². The molecule has 6 heteroatoms. The van der Waals surface area contributed by atoms with E-state index in [0.29, 0.717) is 31.1 Å². The number of hydrogen-bond donors (Lipinski definition) is 1. The van der Waals surface area contributed by atoms with Gasteiger partial charge in [-0.25, -0.2) is 0 Å². The smallest absolute Gasteiger partial charge is 0.324 e. The van der Waals surface area contributed by atoms with Crippen LogP contribution in [-0.2, 0) is 9.53 Å². The van der Waals surface area contributed by atoms with Gasteiger partial charge in [-0.15, -0.1) is 0 Å². The van der Waals surface area contributed by atoms with Crippen LogP contribution < -0.4 is 4.74 Å². The Bertz CT molecular complexity index is 551. The van der Waals surface area contributed by atoms with Crippen molar-refractivity contribution in [1.82, 2.24) is 4.90 Å². The SMILES string of the molecule is O=C(O)C1(N2CCC(Oc3cccc(Cl)c3)CC2)CCOCC1. The maximum atomic E-state index is 11.8. The lowest BCUT2D eigenvalue weighted by atomic mass is 9.86. The Kier molecular flexibility index (Phi) is 5.09. The lowest BCUT2D eigenvalue weighted by molar-refractivity contribution is -0.160. The molecule has 0 atom stereocenters. The molecule has 0 unspecified atom stereocenters. The monoisotopic (exact) mass is 339 g/mol. The summed E-state index contributed by atoms with van der Waals surface area (Å²) in [4.78, 5) is 13.9. The molecule has 0 spiro atoms. The number of likely N-dealkylation sites (tertiary alicyclic amines) is 1. The van der Waals surface area contributed by atoms with E-state index in [0.717, 1.165) is 31.7 Å². The summed E-state index contributed by atoms with van der Waals surface area (Å²) < 4.78 is 11.3. The normalized spacial score (nSPS) is 22.7. The van der Waals surface area contributed by atoms with Crippen LogP contribution >= 0.6 is 11.6 Å². The molecule has 3 rings (SSSR count). The second kappa shape index (κ2) is 7.07. The first-order chi connectivity index (χ1) is 11.1. The minimum Gasteiger partial charge on any atom is -0.490 e. The number of ether oxygens (including phenoxy) is 2. The van der Waals surface area contributed by atoms with Gasteiger partial charge in [-0.2, -0.15) is 0 Å². The number of carboxylic acids is 1. The van der Waals surface area contributed by atoms with Crippen LogP contribution in [0.25, 0.3) is 0 Å². The van der Waals surface area contributed by atoms with Gasteiger partial charge in [0, 0.05) is 31.3 Å². The Hall–Kier alpha value is -1.30. The zero-order valence-corrected chi connectivity index (χ0v) is 13.8. The second-order valence-electron chi connectivity index (χ2n) is 6.21. The van der Waals surface area contributed by atoms with Crippen LogP contribution in [0.15, 0.2) is 24.3 Å². The molecule has 126 valence electrons. The number of carbonyl (C=O) groups is 1. The predicted octanol–water partition coefficient (Wildman–Crippen LogP) is 2.82. The van der Waals surface area contributed by atoms with Gasteiger partial charge in [0.05, 0.1) is 0 Å². The summed E-state index contributed by atoms with van der Waals surface area (Å²) >= 11 is 5.98. The van der Waals surface area contributed by atoms with Gasteiger partial charge in [0.1, 0.15) is 17.4 Å². The molecule has 1 aromatic carbocycles. The number of hydrogen-bond acceptors (Lipinski definition) is 4. The van der Waals surface area contributed by atoms with Gasteiger partial charge in [0.15, 0.2) is 0 Å². The molecule has 23 heavy (non-hydrogen) atoms. The summed E-state index contributed by atoms with van der Waals surface area (Å²) in [5.74, 6) is 0.0463. The third-order valence-electron chi connectivity index (χ3n) is 4.86. The van der Waals surface area contributed by atoms with Gasteiger partial charge in [-0.1, -0.05) is 17.7 Å². The molecular weight excluding hydrogens is 318 g/mol. The van der Waals surface area contributed by atoms with Gasteiger partial charge in [-0.3, -0.25) is 9.69 Å². The van der Waals surface area contributed by atoms with Crippen LogP contribution in [0.5, 0.6) is 5.75 Å². The van der Waals surface area contributed by atoms with Crippen molar-refractivity contribution in [2.75, 3.05) is 26.3 Å². The Labute approximate surface area is 141 Å². The van der Waals surface area contributed by atoms with Gasteiger partial charge in [0.2, 0.25) is 0 Å². The van der Waals surface area contributed by atoms with Crippen molar-refractivity contribution in [3.63, 3.8) is 0 Å². The van der Waals surface area contributed by atoms with Crippen LogP contribution in [0.2, 0.25) is 5.02 Å². The first-order valence-electron chi connectivity index (χ1n) is 8.08. The van der Waals surface area contributed by atoms with E-state index >= 15 is 0 Å². The predicted molar refractivity (Wildman–Crippen MR) is 87.1 cm³/mol. The number of rotatable bonds is 4. The minimum absolute atomic E-state index is 0.107. The highest BCUT2D eigenvalue weighted by Gasteiger charge is 2.46. The zero-order valence-electron chi connectivity index (χ0n) is 13.0. The molecule has 2 fully saturated rings. The van der Waals surface area contributed by atoms with Crippen LogP contribution in [0.4, 0.5) is 0 Å². The van der Waals surface area contributed by atoms with E-state index < -0.39 is 11.5 Å². The lowest BCUT2D eigenvalue weighted by Crippen LogP contribution is -2.60. The molecule has 2 aliphatic rings. The highest BCUT2D eigenvalue weighted by molar-refractivity contribution is 6.30. The third kappa shape index (κ3) is 3.62. The maximum absolute atomic E-state index is 11.8. The van der Waals surface area contributed by atoms with E-state index in [4.69, 9.17) is 21.1 Å². The molecule has 2 aliphatic heterocycles. The zero-order chi connectivity index (χ0) is 16.3. The Morgan fingerprint density at radius 2 is 2.00 bits per heavy atom. The van der Waals surface area contributed by atoms with E-state index in [-0.39, 0.29) is 6.10 Å². The first kappa shape index (κ1) is 16.6. The second-order valence-corrected chi connectivity index (χ2v) is 6.65. The molecule has 2 saturated heterocycles. The summed E-state index contributed by atoms with van der Waals surface area (Å²) in [7, 11) is 0. The van der Waals surface area contributed by atoms with Crippen LogP contribution in [0, 0.1) is 0 Å². The molecule has 0 radical (unpaired) electrons. The quantitative estimate of drug-likeness (QED) is 0.914. The Morgan fingerprint density at radius 3 is 2.61 bits per heavy atom. The van der Waals surface area contributed by atoms with E-state index in [1.165, 1.54) is 0 Å². The number of nitrogens with zero attached hydrogens (tertiary/aromatic N) is 1. The fourth-order valence-corrected chi connectivity index (χ4v) is 3.69. The van der Waals surface area contributed by atoms with Crippen molar-refractivity contribution < 1.29 is 19.4 Å². The Morgan fingerprint density at radius 1 is 1.30 bits per heavy atom. The van der Waals surface area contributed by atoms with Crippen molar-refractivity contribution in [3.8, 4) is 5.75 Å². The number of carboxylic acid groups (broad SMARTS) is 1. The molecule has 1 N–H and O–H groups in total. The minimum atomic E-state index is -0.765. The number of benzene rings is 1. The molecule has 2 heterocycles. The molecule has 1 aromatic rings. The lowest BCUT2D eigenvalue weighted by Gasteiger charge is -2.45. The molecule has 0 bridgehead atoms. The molecule has 0 saturated carbocycles. The largest absolute Gasteiger partial charge is 0.490 e. The van der Waals surface area contributed by atoms with E-state index in [1.807, 2.05) is 24.3 Å². The van der Waals surface area contributed by atoms with E-state index in [2.05, 4.69) is 4.90 Å². The van der Waals surface area contributed by atoms with Gasteiger partial charge < -0.3 is 14.6 Å². The fourth-order valence-electron chi connectivity index (χ4n) is 3.51. The van der Waals surface area contributed by atoms with Crippen molar-refractivity contribution in [2.24, 2.45) is 0 Å². The van der Waals surface area contributed by atoms with Gasteiger partial charge in [0.25, 0.3) is 0 Å². The van der Waals surface area contributed by atoms with Gasteiger partial charge in [-0.05, 0) is 43.9 Å². The molecule has 5 nitrogen and oxygen atoms in total. The number of aliphatic carboxylic acids is 1. The average Bonchev–Trinajstić information content (AvgIpc) is 2.56. The van der Waals surface area contributed by atoms with Crippen molar-refractivity contribution in [3.05, 3.63) is 29.3 Å². The molecular formula is C17H22ClNO4. The van der Waals surface area contributed by atoms with E-state index in [1.54, 1.807) is 0 Å². The fraction of sp³-hybridized carbons (Fsp3) is 0.588. The highest BCUT2D eigenvalue weighted by atomic mass is 35.5. The van der Waals surface area contributed by atoms with Crippen LogP contribution in [-0.4, -0.2) is 53.9 Å². The number of halogens is 1. The van der Waals surface area contributed by atoms with Crippen LogP contribution in [0.3, 0.4) is 0 Å². The summed E-state index contributed by atoms with van der Waals surface area (Å²) in [5.41, 5.74) is -0.765. The van der Waals surface area contributed by atoms with Gasteiger partial charge >= 0.3 is 5.97 Å².